The third kappa shape index (κ3) is 1.88. The maximum Gasteiger partial charge on any atom is 0.258 e. The summed E-state index contributed by atoms with van der Waals surface area (Å²) in [6, 6.07) is 13.3. The lowest BCUT2D eigenvalue weighted by Gasteiger charge is -2.37. The first-order valence-electron chi connectivity index (χ1n) is 7.64. The minimum atomic E-state index is 0.330. The molecule has 2 aromatic rings. The molecule has 0 bridgehead atoms. The molecule has 21 heavy (non-hydrogen) atoms. The normalized spacial score (nSPS) is 24.5. The predicted octanol–water partition coefficient (Wildman–Crippen LogP) is 4.23. The van der Waals surface area contributed by atoms with E-state index in [0.717, 1.165) is 10.3 Å². The van der Waals surface area contributed by atoms with Crippen molar-refractivity contribution >= 4 is 17.2 Å². The van der Waals surface area contributed by atoms with Crippen LogP contribution in [0.3, 0.4) is 0 Å². The Morgan fingerprint density at radius 2 is 1.86 bits per heavy atom. The number of fused-ring (bicyclic) bond motifs is 1. The van der Waals surface area contributed by atoms with E-state index in [-0.39, 0.29) is 0 Å². The van der Waals surface area contributed by atoms with E-state index in [1.54, 1.807) is 0 Å². The van der Waals surface area contributed by atoms with Gasteiger partial charge in [0.05, 0.1) is 7.05 Å². The molecule has 0 aliphatic carbocycles. The Kier molecular flexibility index (Phi) is 3.25. The first-order valence-corrected chi connectivity index (χ1v) is 7.64. The molecule has 0 radical (unpaired) electrons. The van der Waals surface area contributed by atoms with E-state index >= 15 is 0 Å². The van der Waals surface area contributed by atoms with Crippen LogP contribution in [0.5, 0.6) is 0 Å². The van der Waals surface area contributed by atoms with Crippen LogP contribution >= 0.6 is 0 Å². The van der Waals surface area contributed by atoms with Gasteiger partial charge in [-0.1, -0.05) is 18.2 Å². The van der Waals surface area contributed by atoms with Crippen molar-refractivity contribution in [2.45, 2.75) is 39.9 Å². The number of hydrogen-bond donors (Lipinski definition) is 0. The maximum absolute atomic E-state index is 4.74. The molecule has 0 N–H and O–H groups in total. The van der Waals surface area contributed by atoms with Gasteiger partial charge in [0, 0.05) is 24.7 Å². The van der Waals surface area contributed by atoms with Crippen LogP contribution in [0, 0.1) is 6.92 Å². The monoisotopic (exact) mass is 282 g/mol. The van der Waals surface area contributed by atoms with Gasteiger partial charge in [-0.15, -0.1) is 0 Å². The van der Waals surface area contributed by atoms with E-state index < -0.39 is 0 Å². The van der Waals surface area contributed by atoms with Crippen LogP contribution in [-0.2, 0) is 0 Å². The molecule has 0 amide bonds. The van der Waals surface area contributed by atoms with Crippen LogP contribution < -0.4 is 9.38 Å². The summed E-state index contributed by atoms with van der Waals surface area (Å²) in [6.07, 6.45) is 2.24. The van der Waals surface area contributed by atoms with E-state index in [2.05, 4.69) is 70.0 Å². The van der Waals surface area contributed by atoms with Gasteiger partial charge in [0.15, 0.2) is 6.17 Å². The molecule has 0 saturated carbocycles. The number of nitrogens with zero attached hydrogens (tertiary/aromatic N) is 3. The van der Waals surface area contributed by atoms with Gasteiger partial charge in [0.25, 0.3) is 5.82 Å². The second-order valence-electron chi connectivity index (χ2n) is 6.34. The molecule has 2 heterocycles. The molecule has 3 rings (SSSR count). The quantitative estimate of drug-likeness (QED) is 0.766. The highest BCUT2D eigenvalue weighted by Gasteiger charge is 2.50. The summed E-state index contributed by atoms with van der Waals surface area (Å²) in [6.45, 7) is 8.99. The topological polar surface area (TPSA) is 16.1 Å². The molecular formula is C18H24N3+. The zero-order valence-electron chi connectivity index (χ0n) is 13.5. The lowest BCUT2D eigenvalue weighted by Crippen LogP contribution is -2.53. The Morgan fingerprint density at radius 3 is 2.52 bits per heavy atom. The molecule has 0 saturated heterocycles. The smallest absolute Gasteiger partial charge is 0.258 e. The van der Waals surface area contributed by atoms with E-state index in [1.807, 2.05) is 12.3 Å². The van der Waals surface area contributed by atoms with Gasteiger partial charge in [-0.3, -0.25) is 0 Å². The number of anilines is 1. The Balaban J connectivity index is 2.26. The number of rotatable bonds is 2. The summed E-state index contributed by atoms with van der Waals surface area (Å²) in [4.78, 5) is 7.22. The van der Waals surface area contributed by atoms with Crippen molar-refractivity contribution in [1.82, 2.24) is 9.47 Å². The summed E-state index contributed by atoms with van der Waals surface area (Å²) in [7, 11) is 2.28. The molecule has 3 heteroatoms. The van der Waals surface area contributed by atoms with E-state index in [9.17, 15) is 0 Å². The third-order valence-electron chi connectivity index (χ3n) is 4.81. The standard InChI is InChI=1S/C18H24N3/c1-13(2)20-15(4)21(5,17-11-7-6-9-14(17)3)18-16(20)10-8-12-19-18/h6-13,15H,1-5H3/q+1. The highest BCUT2D eigenvalue weighted by molar-refractivity contribution is 5.77. The molecule has 1 aliphatic rings. The molecule has 0 spiro atoms. The fourth-order valence-corrected chi connectivity index (χ4v) is 3.68. The molecule has 1 aromatic heterocycles. The Labute approximate surface area is 127 Å². The van der Waals surface area contributed by atoms with Crippen molar-refractivity contribution in [1.29, 1.82) is 0 Å². The largest absolute Gasteiger partial charge is 0.313 e. The average molecular weight is 282 g/mol. The highest BCUT2D eigenvalue weighted by Crippen LogP contribution is 2.49. The van der Waals surface area contributed by atoms with E-state index in [1.165, 1.54) is 16.9 Å². The zero-order valence-corrected chi connectivity index (χ0v) is 13.5. The highest BCUT2D eigenvalue weighted by atomic mass is 15.6. The summed E-state index contributed by atoms with van der Waals surface area (Å²) in [5, 5.41) is 0. The molecule has 0 fully saturated rings. The van der Waals surface area contributed by atoms with Crippen LogP contribution in [0.4, 0.5) is 17.2 Å². The van der Waals surface area contributed by atoms with E-state index in [0.29, 0.717) is 12.2 Å². The Morgan fingerprint density at radius 1 is 1.14 bits per heavy atom. The predicted molar refractivity (Wildman–Crippen MR) is 89.9 cm³/mol. The van der Waals surface area contributed by atoms with Crippen LogP contribution in [0.2, 0.25) is 0 Å². The Bertz CT molecular complexity index is 665. The molecule has 2 atom stereocenters. The molecule has 2 unspecified atom stereocenters. The van der Waals surface area contributed by atoms with Crippen molar-refractivity contribution in [3.05, 3.63) is 48.2 Å². The second-order valence-corrected chi connectivity index (χ2v) is 6.34. The second kappa shape index (κ2) is 4.85. The van der Waals surface area contributed by atoms with E-state index in [4.69, 9.17) is 4.98 Å². The number of aromatic nitrogens is 1. The minimum Gasteiger partial charge on any atom is -0.313 e. The Hall–Kier alpha value is -1.87. The SMILES string of the molecule is Cc1ccccc1[N+]1(C)c2ncccc2N(C(C)C)C1C. The molecule has 3 nitrogen and oxygen atoms in total. The van der Waals surface area contributed by atoms with Crippen molar-refractivity contribution in [2.24, 2.45) is 0 Å². The number of hydrogen-bond acceptors (Lipinski definition) is 2. The molecule has 1 aliphatic heterocycles. The summed E-state index contributed by atoms with van der Waals surface area (Å²) >= 11 is 0. The minimum absolute atomic E-state index is 0.330. The summed E-state index contributed by atoms with van der Waals surface area (Å²) in [5.74, 6) is 1.15. The van der Waals surface area contributed by atoms with Gasteiger partial charge in [0.2, 0.25) is 0 Å². The van der Waals surface area contributed by atoms with Crippen LogP contribution in [0.25, 0.3) is 0 Å². The van der Waals surface area contributed by atoms with Crippen molar-refractivity contribution in [2.75, 3.05) is 11.9 Å². The van der Waals surface area contributed by atoms with Crippen LogP contribution in [0.15, 0.2) is 42.6 Å². The van der Waals surface area contributed by atoms with Gasteiger partial charge in [-0.05, 0) is 39.0 Å². The number of pyridine rings is 1. The first-order chi connectivity index (χ1) is 9.98. The van der Waals surface area contributed by atoms with Crippen LogP contribution in [-0.4, -0.2) is 24.2 Å². The summed E-state index contributed by atoms with van der Waals surface area (Å²) in [5.41, 5.74) is 3.90. The lowest BCUT2D eigenvalue weighted by atomic mass is 10.1. The average Bonchev–Trinajstić information content (AvgIpc) is 2.69. The van der Waals surface area contributed by atoms with Gasteiger partial charge in [-0.2, -0.15) is 0 Å². The van der Waals surface area contributed by atoms with Gasteiger partial charge in [-0.25, -0.2) is 9.47 Å². The lowest BCUT2D eigenvalue weighted by molar-refractivity contribution is 0.353. The van der Waals surface area contributed by atoms with Crippen molar-refractivity contribution in [3.8, 4) is 0 Å². The number of aryl methyl sites for hydroxylation is 1. The van der Waals surface area contributed by atoms with Gasteiger partial charge < -0.3 is 4.90 Å². The number of quaternary nitrogens is 1. The molecule has 110 valence electrons. The van der Waals surface area contributed by atoms with Gasteiger partial charge >= 0.3 is 0 Å². The summed E-state index contributed by atoms with van der Waals surface area (Å²) < 4.78 is 0.737. The number of benzene rings is 1. The maximum atomic E-state index is 4.74. The fourth-order valence-electron chi connectivity index (χ4n) is 3.68. The van der Waals surface area contributed by atoms with Crippen LogP contribution in [0.1, 0.15) is 26.3 Å². The van der Waals surface area contributed by atoms with Gasteiger partial charge in [0.1, 0.15) is 11.4 Å². The fraction of sp³-hybridized carbons (Fsp3) is 0.389. The first kappa shape index (κ1) is 14.1. The van der Waals surface area contributed by atoms with Crippen molar-refractivity contribution in [3.63, 3.8) is 0 Å². The third-order valence-corrected chi connectivity index (χ3v) is 4.81. The zero-order chi connectivity index (χ0) is 15.2. The number of para-hydroxylation sites is 1. The molecular weight excluding hydrogens is 258 g/mol. The molecule has 1 aromatic carbocycles. The van der Waals surface area contributed by atoms with Crippen molar-refractivity contribution < 1.29 is 0 Å².